The van der Waals surface area contributed by atoms with E-state index < -0.39 is 10.8 Å². The lowest BCUT2D eigenvalue weighted by molar-refractivity contribution is 0.111. The van der Waals surface area contributed by atoms with Crippen molar-refractivity contribution >= 4 is 10.8 Å². The van der Waals surface area contributed by atoms with Gasteiger partial charge in [0.1, 0.15) is 0 Å². The van der Waals surface area contributed by atoms with Gasteiger partial charge in [-0.05, 0) is 13.8 Å². The van der Waals surface area contributed by atoms with Crippen LogP contribution in [-0.2, 0) is 10.8 Å². The predicted octanol–water partition coefficient (Wildman–Crippen LogP) is -0.180. The molecule has 0 aliphatic carbocycles. The molecule has 0 aromatic rings. The van der Waals surface area contributed by atoms with Crippen LogP contribution in [0.15, 0.2) is 0 Å². The highest BCUT2D eigenvalue weighted by Gasteiger charge is 2.22. The Morgan fingerprint density at radius 3 is 2.92 bits per heavy atom. The third-order valence-corrected chi connectivity index (χ3v) is 3.65. The first kappa shape index (κ1) is 10.2. The fourth-order valence-corrected chi connectivity index (χ4v) is 2.86. The predicted molar refractivity (Wildman–Crippen MR) is 50.6 cm³/mol. The fourth-order valence-electron chi connectivity index (χ4n) is 1.51. The molecule has 12 heavy (non-hydrogen) atoms. The number of β-amino-alcohol motifs (C(OH)–C–C–N with tert-alkyl or cyclic N) is 1. The Bertz CT molecular complexity index is 172. The second-order valence-electron chi connectivity index (χ2n) is 3.50. The van der Waals surface area contributed by atoms with Crippen LogP contribution in [0, 0.1) is 0 Å². The second kappa shape index (κ2) is 4.35. The van der Waals surface area contributed by atoms with Crippen molar-refractivity contribution in [2.75, 3.05) is 24.6 Å². The molecule has 0 radical (unpaired) electrons. The maximum absolute atomic E-state index is 11.1. The van der Waals surface area contributed by atoms with Gasteiger partial charge in [0.15, 0.2) is 0 Å². The highest BCUT2D eigenvalue weighted by atomic mass is 32.2. The minimum absolute atomic E-state index is 0.279. The Morgan fingerprint density at radius 2 is 2.42 bits per heavy atom. The van der Waals surface area contributed by atoms with Crippen molar-refractivity contribution in [2.45, 2.75) is 26.0 Å². The van der Waals surface area contributed by atoms with Gasteiger partial charge in [-0.25, -0.2) is 0 Å². The molecule has 4 heteroatoms. The van der Waals surface area contributed by atoms with E-state index in [9.17, 15) is 9.32 Å². The average Bonchev–Trinajstić information content (AvgIpc) is 1.94. The summed E-state index contributed by atoms with van der Waals surface area (Å²) in [6, 6.07) is 0.356. The van der Waals surface area contributed by atoms with Crippen LogP contribution in [0.2, 0.25) is 0 Å². The summed E-state index contributed by atoms with van der Waals surface area (Å²) in [6.45, 7) is 5.43. The number of aliphatic hydroxyl groups excluding tert-OH is 1. The Kier molecular flexibility index (Phi) is 3.68. The highest BCUT2D eigenvalue weighted by Crippen LogP contribution is 2.08. The molecular formula is C8H17NO2S. The summed E-state index contributed by atoms with van der Waals surface area (Å²) in [5, 5.41) is 9.17. The molecule has 72 valence electrons. The van der Waals surface area contributed by atoms with Gasteiger partial charge in [-0.3, -0.25) is 9.11 Å². The van der Waals surface area contributed by atoms with E-state index in [0.717, 1.165) is 18.1 Å². The number of hydrogen-bond acceptors (Lipinski definition) is 3. The van der Waals surface area contributed by atoms with Crippen LogP contribution in [0.4, 0.5) is 0 Å². The zero-order chi connectivity index (χ0) is 9.14. The van der Waals surface area contributed by atoms with Crippen LogP contribution in [-0.4, -0.2) is 51.0 Å². The van der Waals surface area contributed by atoms with E-state index in [2.05, 4.69) is 11.8 Å². The average molecular weight is 191 g/mol. The van der Waals surface area contributed by atoms with Gasteiger partial charge in [0.25, 0.3) is 0 Å². The summed E-state index contributed by atoms with van der Waals surface area (Å²) in [5.74, 6) is 1.52. The third kappa shape index (κ3) is 2.84. The zero-order valence-electron chi connectivity index (χ0n) is 7.69. The molecule has 1 rings (SSSR count). The molecule has 0 bridgehead atoms. The quantitative estimate of drug-likeness (QED) is 0.658. The van der Waals surface area contributed by atoms with Crippen molar-refractivity contribution < 1.29 is 9.32 Å². The topological polar surface area (TPSA) is 40.5 Å². The number of aliphatic hydroxyl groups is 1. The van der Waals surface area contributed by atoms with Gasteiger partial charge in [-0.1, -0.05) is 0 Å². The van der Waals surface area contributed by atoms with Crippen LogP contribution >= 0.6 is 0 Å². The zero-order valence-corrected chi connectivity index (χ0v) is 8.51. The lowest BCUT2D eigenvalue weighted by atomic mass is 10.2. The standard InChI is InChI=1S/C8H17NO2S/c1-7-6-12(11)4-3-9(7)5-8(2)10/h7-8,10H,3-6H2,1-2H3. The van der Waals surface area contributed by atoms with Gasteiger partial charge in [-0.2, -0.15) is 0 Å². The number of nitrogens with zero attached hydrogens (tertiary/aromatic N) is 1. The lowest BCUT2D eigenvalue weighted by Crippen LogP contribution is -2.47. The van der Waals surface area contributed by atoms with Gasteiger partial charge in [0, 0.05) is 41.4 Å². The summed E-state index contributed by atoms with van der Waals surface area (Å²) in [7, 11) is -0.629. The first-order valence-electron chi connectivity index (χ1n) is 4.36. The first-order chi connectivity index (χ1) is 5.59. The van der Waals surface area contributed by atoms with E-state index >= 15 is 0 Å². The summed E-state index contributed by atoms with van der Waals surface area (Å²) in [5.41, 5.74) is 0. The molecule has 0 saturated carbocycles. The first-order valence-corrected chi connectivity index (χ1v) is 5.85. The van der Waals surface area contributed by atoms with Crippen molar-refractivity contribution in [3.05, 3.63) is 0 Å². The third-order valence-electron chi connectivity index (χ3n) is 2.16. The van der Waals surface area contributed by atoms with Gasteiger partial charge in [0.2, 0.25) is 0 Å². The molecule has 3 atom stereocenters. The van der Waals surface area contributed by atoms with Crippen molar-refractivity contribution in [3.8, 4) is 0 Å². The molecule has 1 aliphatic heterocycles. The van der Waals surface area contributed by atoms with E-state index in [-0.39, 0.29) is 6.10 Å². The summed E-state index contributed by atoms with van der Waals surface area (Å²) in [6.07, 6.45) is -0.279. The summed E-state index contributed by atoms with van der Waals surface area (Å²) < 4.78 is 11.1. The van der Waals surface area contributed by atoms with Crippen molar-refractivity contribution in [1.29, 1.82) is 0 Å². The molecule has 3 unspecified atom stereocenters. The molecule has 1 saturated heterocycles. The number of hydrogen-bond donors (Lipinski definition) is 1. The molecular weight excluding hydrogens is 174 g/mol. The maximum Gasteiger partial charge on any atom is 0.0639 e. The molecule has 1 heterocycles. The van der Waals surface area contributed by atoms with Crippen molar-refractivity contribution in [3.63, 3.8) is 0 Å². The normalized spacial score (nSPS) is 34.9. The Labute approximate surface area is 76.2 Å². The molecule has 1 fully saturated rings. The molecule has 3 nitrogen and oxygen atoms in total. The van der Waals surface area contributed by atoms with Crippen LogP contribution in [0.1, 0.15) is 13.8 Å². The second-order valence-corrected chi connectivity index (χ2v) is 5.12. The van der Waals surface area contributed by atoms with Crippen molar-refractivity contribution in [1.82, 2.24) is 4.90 Å². The molecule has 1 N–H and O–H groups in total. The minimum atomic E-state index is -0.629. The van der Waals surface area contributed by atoms with Crippen LogP contribution < -0.4 is 0 Å². The fraction of sp³-hybridized carbons (Fsp3) is 1.00. The number of rotatable bonds is 2. The van der Waals surface area contributed by atoms with Crippen LogP contribution in [0.5, 0.6) is 0 Å². The Hall–Kier alpha value is 0.0700. The SMILES string of the molecule is CC(O)CN1CCS(=O)CC1C. The van der Waals surface area contributed by atoms with E-state index in [0.29, 0.717) is 12.6 Å². The van der Waals surface area contributed by atoms with Gasteiger partial charge in [0.05, 0.1) is 6.10 Å². The van der Waals surface area contributed by atoms with E-state index in [1.807, 2.05) is 0 Å². The summed E-state index contributed by atoms with van der Waals surface area (Å²) >= 11 is 0. The Balaban J connectivity index is 2.39. The van der Waals surface area contributed by atoms with E-state index in [4.69, 9.17) is 0 Å². The maximum atomic E-state index is 11.1. The van der Waals surface area contributed by atoms with Crippen molar-refractivity contribution in [2.24, 2.45) is 0 Å². The smallest absolute Gasteiger partial charge is 0.0639 e. The lowest BCUT2D eigenvalue weighted by Gasteiger charge is -2.33. The minimum Gasteiger partial charge on any atom is -0.392 e. The van der Waals surface area contributed by atoms with Gasteiger partial charge >= 0.3 is 0 Å². The van der Waals surface area contributed by atoms with Crippen LogP contribution in [0.3, 0.4) is 0 Å². The van der Waals surface area contributed by atoms with Gasteiger partial charge in [-0.15, -0.1) is 0 Å². The largest absolute Gasteiger partial charge is 0.392 e. The van der Waals surface area contributed by atoms with E-state index in [1.165, 1.54) is 0 Å². The monoisotopic (exact) mass is 191 g/mol. The molecule has 1 aliphatic rings. The Morgan fingerprint density at radius 1 is 1.75 bits per heavy atom. The summed E-state index contributed by atoms with van der Waals surface area (Å²) in [4.78, 5) is 2.20. The molecule has 0 aromatic carbocycles. The van der Waals surface area contributed by atoms with E-state index in [1.54, 1.807) is 6.92 Å². The molecule has 0 aromatic heterocycles. The highest BCUT2D eigenvalue weighted by molar-refractivity contribution is 7.85. The molecule has 0 spiro atoms. The van der Waals surface area contributed by atoms with Gasteiger partial charge < -0.3 is 5.11 Å². The van der Waals surface area contributed by atoms with Crippen LogP contribution in [0.25, 0.3) is 0 Å². The molecule has 0 amide bonds.